The molecule has 0 radical (unpaired) electrons. The summed E-state index contributed by atoms with van der Waals surface area (Å²) < 4.78 is 5.60. The van der Waals surface area contributed by atoms with E-state index < -0.39 is 0 Å². The molecule has 0 aromatic heterocycles. The Labute approximate surface area is 244 Å². The van der Waals surface area contributed by atoms with Gasteiger partial charge in [-0.2, -0.15) is 0 Å². The van der Waals surface area contributed by atoms with Crippen LogP contribution in [0.5, 0.6) is 5.75 Å². The summed E-state index contributed by atoms with van der Waals surface area (Å²) in [6, 6.07) is 24.9. The van der Waals surface area contributed by atoms with Crippen molar-refractivity contribution in [2.45, 2.75) is 57.9 Å². The number of fused-ring (bicyclic) bond motifs is 3. The van der Waals surface area contributed by atoms with Crippen LogP contribution in [0.3, 0.4) is 0 Å². The Bertz CT molecular complexity index is 1360. The minimum atomic E-state index is -0.000745. The predicted octanol–water partition coefficient (Wildman–Crippen LogP) is 5.19. The Kier molecular flexibility index (Phi) is 9.06. The maximum Gasteiger partial charge on any atom is 0.254 e. The van der Waals surface area contributed by atoms with Crippen molar-refractivity contribution in [3.63, 3.8) is 0 Å². The normalized spacial score (nSPS) is 19.5. The van der Waals surface area contributed by atoms with E-state index in [4.69, 9.17) is 4.74 Å². The summed E-state index contributed by atoms with van der Waals surface area (Å²) in [5.74, 6) is 0.809. The number of hydrogen-bond acceptors (Lipinski definition) is 5. The van der Waals surface area contributed by atoms with Crippen molar-refractivity contribution in [3.05, 3.63) is 95.1 Å². The molecule has 3 aromatic carbocycles. The topological polar surface area (TPSA) is 56.3 Å². The zero-order chi connectivity index (χ0) is 28.9. The van der Waals surface area contributed by atoms with E-state index in [0.717, 1.165) is 48.4 Å². The molecule has 2 amide bonds. The van der Waals surface area contributed by atoms with E-state index in [-0.39, 0.29) is 17.9 Å². The fraction of sp³-hybridized carbons (Fsp3) is 0.412. The number of benzene rings is 3. The van der Waals surface area contributed by atoms with Gasteiger partial charge in [-0.25, -0.2) is 0 Å². The van der Waals surface area contributed by atoms with Crippen molar-refractivity contribution in [3.8, 4) is 5.75 Å². The summed E-state index contributed by atoms with van der Waals surface area (Å²) >= 11 is 0. The van der Waals surface area contributed by atoms with Crippen LogP contribution in [0.4, 0.5) is 5.69 Å². The zero-order valence-corrected chi connectivity index (χ0v) is 24.8. The van der Waals surface area contributed by atoms with Crippen LogP contribution in [-0.2, 0) is 24.4 Å². The van der Waals surface area contributed by atoms with Gasteiger partial charge in [0.15, 0.2) is 0 Å². The lowest BCUT2D eigenvalue weighted by Crippen LogP contribution is -2.45. The SMILES string of the molecule is COc1ccc(C(=O)N2Cc3ccccc3N(C(C)=O)CC[C@@H]3CC[C@H](C2)N3Cc2ccccc2)cc1CN(C)C. The van der Waals surface area contributed by atoms with Crippen molar-refractivity contribution in [1.82, 2.24) is 14.7 Å². The van der Waals surface area contributed by atoms with Gasteiger partial charge in [0, 0.05) is 68.5 Å². The van der Waals surface area contributed by atoms with Gasteiger partial charge in [-0.3, -0.25) is 14.5 Å². The molecule has 216 valence electrons. The molecule has 0 aliphatic carbocycles. The Morgan fingerprint density at radius 3 is 2.39 bits per heavy atom. The standard InChI is InChI=1S/C34H42N4O3/c1-25(39)37-19-18-30-15-16-31(38(30)21-26-10-6-5-7-11-26)24-36(23-28-12-8-9-13-32(28)37)34(40)27-14-17-33(41-4)29(20-27)22-35(2)3/h5-14,17,20,30-31H,15-16,18-19,21-24H2,1-4H3/t30-,31+/m0/s1. The Hall–Kier alpha value is -3.68. The number of nitrogens with zero attached hydrogens (tertiary/aromatic N) is 4. The van der Waals surface area contributed by atoms with Gasteiger partial charge in [0.1, 0.15) is 5.75 Å². The first-order valence-corrected chi connectivity index (χ1v) is 14.6. The second-order valence-electron chi connectivity index (χ2n) is 11.6. The van der Waals surface area contributed by atoms with E-state index in [9.17, 15) is 9.59 Å². The monoisotopic (exact) mass is 554 g/mol. The van der Waals surface area contributed by atoms with Gasteiger partial charge in [-0.15, -0.1) is 0 Å². The quantitative estimate of drug-likeness (QED) is 0.420. The van der Waals surface area contributed by atoms with Crippen LogP contribution in [0.2, 0.25) is 0 Å². The average Bonchev–Trinajstić information content (AvgIpc) is 3.32. The second-order valence-corrected chi connectivity index (χ2v) is 11.6. The number of methoxy groups -OCH3 is 1. The predicted molar refractivity (Wildman–Crippen MR) is 163 cm³/mol. The smallest absolute Gasteiger partial charge is 0.254 e. The number of anilines is 1. The van der Waals surface area contributed by atoms with Crippen LogP contribution in [0.25, 0.3) is 0 Å². The molecule has 41 heavy (non-hydrogen) atoms. The molecule has 2 atom stereocenters. The third-order valence-corrected chi connectivity index (χ3v) is 8.42. The summed E-state index contributed by atoms with van der Waals surface area (Å²) in [6.45, 7) is 4.88. The fourth-order valence-electron chi connectivity index (χ4n) is 6.44. The molecule has 0 N–H and O–H groups in total. The van der Waals surface area contributed by atoms with Gasteiger partial charge >= 0.3 is 0 Å². The number of hydrogen-bond donors (Lipinski definition) is 0. The van der Waals surface area contributed by atoms with E-state index in [2.05, 4.69) is 40.1 Å². The van der Waals surface area contributed by atoms with Crippen LogP contribution < -0.4 is 9.64 Å². The summed E-state index contributed by atoms with van der Waals surface area (Å²) in [6.07, 6.45) is 2.98. The molecule has 1 fully saturated rings. The van der Waals surface area contributed by atoms with Gasteiger partial charge in [0.25, 0.3) is 5.91 Å². The third kappa shape index (κ3) is 6.63. The molecule has 5 rings (SSSR count). The van der Waals surface area contributed by atoms with Gasteiger partial charge in [-0.05, 0) is 68.8 Å². The fourth-order valence-corrected chi connectivity index (χ4v) is 6.44. The molecule has 0 spiro atoms. The van der Waals surface area contributed by atoms with Crippen LogP contribution >= 0.6 is 0 Å². The molecule has 2 bridgehead atoms. The Balaban J connectivity index is 1.54. The number of para-hydroxylation sites is 1. The van der Waals surface area contributed by atoms with Crippen molar-refractivity contribution < 1.29 is 14.3 Å². The van der Waals surface area contributed by atoms with Crippen LogP contribution in [0.15, 0.2) is 72.8 Å². The highest BCUT2D eigenvalue weighted by atomic mass is 16.5. The number of rotatable bonds is 6. The molecule has 3 aromatic rings. The van der Waals surface area contributed by atoms with Gasteiger partial charge in [0.05, 0.1) is 7.11 Å². The molecule has 2 aliphatic rings. The summed E-state index contributed by atoms with van der Waals surface area (Å²) in [4.78, 5) is 35.8. The second kappa shape index (κ2) is 12.9. The molecular formula is C34H42N4O3. The minimum Gasteiger partial charge on any atom is -0.496 e. The maximum atomic E-state index is 14.3. The van der Waals surface area contributed by atoms with Gasteiger partial charge in [0.2, 0.25) is 5.91 Å². The number of amides is 2. The van der Waals surface area contributed by atoms with E-state index in [1.54, 1.807) is 14.0 Å². The van der Waals surface area contributed by atoms with Crippen molar-refractivity contribution >= 4 is 17.5 Å². The molecule has 7 heteroatoms. The lowest BCUT2D eigenvalue weighted by Gasteiger charge is -2.34. The van der Waals surface area contributed by atoms with Crippen molar-refractivity contribution in [2.24, 2.45) is 0 Å². The van der Waals surface area contributed by atoms with Crippen LogP contribution in [0.1, 0.15) is 53.2 Å². The Morgan fingerprint density at radius 2 is 1.66 bits per heavy atom. The first-order chi connectivity index (χ1) is 19.8. The molecule has 0 unspecified atom stereocenters. The number of carbonyl (C=O) groups excluding carboxylic acids is 2. The van der Waals surface area contributed by atoms with Crippen LogP contribution in [-0.4, -0.2) is 72.9 Å². The first kappa shape index (κ1) is 28.8. The Morgan fingerprint density at radius 1 is 0.927 bits per heavy atom. The van der Waals surface area contributed by atoms with E-state index >= 15 is 0 Å². The third-order valence-electron chi connectivity index (χ3n) is 8.42. The largest absolute Gasteiger partial charge is 0.496 e. The highest BCUT2D eigenvalue weighted by Gasteiger charge is 2.37. The average molecular weight is 555 g/mol. The zero-order valence-electron chi connectivity index (χ0n) is 24.8. The summed E-state index contributed by atoms with van der Waals surface area (Å²) in [5.41, 5.74) is 4.80. The number of carbonyl (C=O) groups is 2. The lowest BCUT2D eigenvalue weighted by atomic mass is 10.0. The van der Waals surface area contributed by atoms with E-state index in [1.807, 2.05) is 66.4 Å². The molecular weight excluding hydrogens is 512 g/mol. The number of ether oxygens (including phenoxy) is 1. The maximum absolute atomic E-state index is 14.3. The van der Waals surface area contributed by atoms with E-state index in [1.165, 1.54) is 5.56 Å². The van der Waals surface area contributed by atoms with Crippen molar-refractivity contribution in [2.75, 3.05) is 39.2 Å². The van der Waals surface area contributed by atoms with E-state index in [0.29, 0.717) is 37.8 Å². The highest BCUT2D eigenvalue weighted by molar-refractivity contribution is 5.95. The first-order valence-electron chi connectivity index (χ1n) is 14.6. The minimum absolute atomic E-state index is 0.000745. The molecule has 2 heterocycles. The molecule has 7 nitrogen and oxygen atoms in total. The van der Waals surface area contributed by atoms with Gasteiger partial charge < -0.3 is 19.4 Å². The van der Waals surface area contributed by atoms with Gasteiger partial charge in [-0.1, -0.05) is 48.5 Å². The summed E-state index contributed by atoms with van der Waals surface area (Å²) in [7, 11) is 5.69. The summed E-state index contributed by atoms with van der Waals surface area (Å²) in [5, 5.41) is 0. The molecule has 0 saturated carbocycles. The molecule has 1 saturated heterocycles. The lowest BCUT2D eigenvalue weighted by molar-refractivity contribution is -0.116. The van der Waals surface area contributed by atoms with Crippen LogP contribution in [0, 0.1) is 0 Å². The molecule has 2 aliphatic heterocycles. The highest BCUT2D eigenvalue weighted by Crippen LogP contribution is 2.33. The van der Waals surface area contributed by atoms with Crippen molar-refractivity contribution in [1.29, 1.82) is 0 Å².